The first-order valence-electron chi connectivity index (χ1n) is 8.15. The van der Waals surface area contributed by atoms with Crippen molar-refractivity contribution in [3.05, 3.63) is 34.6 Å². The molecule has 1 aromatic rings. The minimum atomic E-state index is -1.06. The highest BCUT2D eigenvalue weighted by Gasteiger charge is 2.42. The molecule has 23 heavy (non-hydrogen) atoms. The molecular weight excluding hydrogens is 299 g/mol. The molecular formula is C17H19FN2O3. The Balaban J connectivity index is 1.70. The molecule has 0 radical (unpaired) electrons. The summed E-state index contributed by atoms with van der Waals surface area (Å²) in [5.41, 5.74) is 2.19. The van der Waals surface area contributed by atoms with Gasteiger partial charge in [0.2, 0.25) is 5.91 Å². The third-order valence-corrected chi connectivity index (χ3v) is 5.33. The SMILES string of the molecule is O=C1CC(N2Cc3c(cc(F)cc3C3CCCC3)C2=O)C(O)N1. The molecule has 4 rings (SSSR count). The Kier molecular flexibility index (Phi) is 3.37. The van der Waals surface area contributed by atoms with Crippen LogP contribution in [0.5, 0.6) is 0 Å². The fourth-order valence-corrected chi connectivity index (χ4v) is 4.19. The number of benzene rings is 1. The third-order valence-electron chi connectivity index (χ3n) is 5.33. The van der Waals surface area contributed by atoms with Gasteiger partial charge in [-0.1, -0.05) is 12.8 Å². The second-order valence-electron chi connectivity index (χ2n) is 6.72. The molecule has 0 bridgehead atoms. The van der Waals surface area contributed by atoms with Gasteiger partial charge >= 0.3 is 0 Å². The zero-order valence-electron chi connectivity index (χ0n) is 12.7. The van der Waals surface area contributed by atoms with Gasteiger partial charge in [0.05, 0.1) is 12.5 Å². The number of carbonyl (C=O) groups is 2. The van der Waals surface area contributed by atoms with Gasteiger partial charge in [-0.25, -0.2) is 4.39 Å². The topological polar surface area (TPSA) is 69.6 Å². The van der Waals surface area contributed by atoms with Crippen LogP contribution in [0.4, 0.5) is 4.39 Å². The molecule has 1 aromatic carbocycles. The molecule has 1 saturated carbocycles. The molecule has 1 saturated heterocycles. The van der Waals surface area contributed by atoms with E-state index in [1.807, 2.05) is 0 Å². The zero-order valence-corrected chi connectivity index (χ0v) is 12.7. The molecule has 0 aromatic heterocycles. The summed E-state index contributed by atoms with van der Waals surface area (Å²) in [6, 6.07) is 2.26. The van der Waals surface area contributed by atoms with Crippen LogP contribution in [0.1, 0.15) is 59.5 Å². The number of aliphatic hydroxyl groups excluding tert-OH is 1. The maximum Gasteiger partial charge on any atom is 0.255 e. The first kappa shape index (κ1) is 14.6. The highest BCUT2D eigenvalue weighted by Crippen LogP contribution is 2.40. The predicted molar refractivity (Wildman–Crippen MR) is 80.0 cm³/mol. The molecule has 2 aliphatic heterocycles. The van der Waals surface area contributed by atoms with Gasteiger partial charge in [0, 0.05) is 12.1 Å². The van der Waals surface area contributed by atoms with Crippen LogP contribution in [0.15, 0.2) is 12.1 Å². The number of halogens is 1. The van der Waals surface area contributed by atoms with Crippen LogP contribution in [0, 0.1) is 5.82 Å². The molecule has 2 fully saturated rings. The van der Waals surface area contributed by atoms with Crippen LogP contribution in [-0.2, 0) is 11.3 Å². The number of rotatable bonds is 2. The van der Waals surface area contributed by atoms with Gasteiger partial charge in [-0.2, -0.15) is 0 Å². The second kappa shape index (κ2) is 5.30. The number of hydrogen-bond acceptors (Lipinski definition) is 3. The molecule has 2 heterocycles. The average molecular weight is 318 g/mol. The minimum absolute atomic E-state index is 0.0855. The Morgan fingerprint density at radius 3 is 2.61 bits per heavy atom. The number of nitrogens with zero attached hydrogens (tertiary/aromatic N) is 1. The van der Waals surface area contributed by atoms with Crippen molar-refractivity contribution < 1.29 is 19.1 Å². The summed E-state index contributed by atoms with van der Waals surface area (Å²) in [5.74, 6) is -0.643. The van der Waals surface area contributed by atoms with Crippen LogP contribution >= 0.6 is 0 Å². The summed E-state index contributed by atoms with van der Waals surface area (Å²) in [6.07, 6.45) is 3.34. The van der Waals surface area contributed by atoms with Crippen molar-refractivity contribution in [2.24, 2.45) is 0 Å². The molecule has 2 atom stereocenters. The molecule has 122 valence electrons. The predicted octanol–water partition coefficient (Wildman–Crippen LogP) is 1.65. The standard InChI is InChI=1S/C17H19FN2O3/c18-10-5-11(9-3-1-2-4-9)13-8-20(17(23)12(13)6-10)14-7-15(21)19-16(14)22/h5-6,9,14,16,22H,1-4,7-8H2,(H,19,21). The molecule has 0 spiro atoms. The Bertz CT molecular complexity index is 685. The normalized spacial score (nSPS) is 27.7. The van der Waals surface area contributed by atoms with E-state index in [1.165, 1.54) is 11.0 Å². The van der Waals surface area contributed by atoms with Gasteiger partial charge in [-0.15, -0.1) is 0 Å². The average Bonchev–Trinajstić information content (AvgIpc) is 3.20. The van der Waals surface area contributed by atoms with E-state index in [0.717, 1.165) is 36.8 Å². The van der Waals surface area contributed by atoms with E-state index in [4.69, 9.17) is 0 Å². The van der Waals surface area contributed by atoms with Crippen LogP contribution in [0.3, 0.4) is 0 Å². The summed E-state index contributed by atoms with van der Waals surface area (Å²) in [5, 5.41) is 12.4. The van der Waals surface area contributed by atoms with E-state index < -0.39 is 12.3 Å². The Morgan fingerprint density at radius 2 is 1.96 bits per heavy atom. The summed E-state index contributed by atoms with van der Waals surface area (Å²) < 4.78 is 14.0. The lowest BCUT2D eigenvalue weighted by atomic mass is 9.91. The lowest BCUT2D eigenvalue weighted by Gasteiger charge is -2.25. The third kappa shape index (κ3) is 2.32. The first-order chi connectivity index (χ1) is 11.0. The van der Waals surface area contributed by atoms with E-state index >= 15 is 0 Å². The van der Waals surface area contributed by atoms with Crippen molar-refractivity contribution in [3.8, 4) is 0 Å². The molecule has 2 amide bonds. The monoisotopic (exact) mass is 318 g/mol. The maximum absolute atomic E-state index is 14.0. The fraction of sp³-hybridized carbons (Fsp3) is 0.529. The summed E-state index contributed by atoms with van der Waals surface area (Å²) in [4.78, 5) is 25.6. The molecule has 3 aliphatic rings. The quantitative estimate of drug-likeness (QED) is 0.871. The Morgan fingerprint density at radius 1 is 1.22 bits per heavy atom. The molecule has 2 unspecified atom stereocenters. The van der Waals surface area contributed by atoms with E-state index in [2.05, 4.69) is 5.32 Å². The van der Waals surface area contributed by atoms with Crippen molar-refractivity contribution in [2.45, 2.75) is 56.8 Å². The van der Waals surface area contributed by atoms with Crippen molar-refractivity contribution >= 4 is 11.8 Å². The molecule has 5 nitrogen and oxygen atoms in total. The van der Waals surface area contributed by atoms with Crippen LogP contribution in [0.25, 0.3) is 0 Å². The second-order valence-corrected chi connectivity index (χ2v) is 6.72. The van der Waals surface area contributed by atoms with Gasteiger partial charge in [-0.3, -0.25) is 9.59 Å². The van der Waals surface area contributed by atoms with E-state index in [9.17, 15) is 19.1 Å². The highest BCUT2D eigenvalue weighted by molar-refractivity contribution is 5.99. The summed E-state index contributed by atoms with van der Waals surface area (Å²) in [6.45, 7) is 0.344. The number of nitrogens with one attached hydrogen (secondary N) is 1. The van der Waals surface area contributed by atoms with Gasteiger partial charge in [0.1, 0.15) is 12.0 Å². The summed E-state index contributed by atoms with van der Waals surface area (Å²) in [7, 11) is 0. The number of hydrogen-bond donors (Lipinski definition) is 2. The Labute approximate surface area is 133 Å². The number of aliphatic hydroxyl groups is 1. The van der Waals surface area contributed by atoms with E-state index in [0.29, 0.717) is 18.0 Å². The molecule has 1 aliphatic carbocycles. The first-order valence-corrected chi connectivity index (χ1v) is 8.15. The lowest BCUT2D eigenvalue weighted by Crippen LogP contribution is -2.43. The largest absolute Gasteiger partial charge is 0.372 e. The minimum Gasteiger partial charge on any atom is -0.372 e. The van der Waals surface area contributed by atoms with Gasteiger partial charge in [0.25, 0.3) is 5.91 Å². The molecule has 2 N–H and O–H groups in total. The zero-order chi connectivity index (χ0) is 16.1. The van der Waals surface area contributed by atoms with Crippen LogP contribution < -0.4 is 5.32 Å². The maximum atomic E-state index is 14.0. The van der Waals surface area contributed by atoms with Crippen molar-refractivity contribution in [1.82, 2.24) is 10.2 Å². The van der Waals surface area contributed by atoms with E-state index in [-0.39, 0.29) is 24.1 Å². The number of amides is 2. The lowest BCUT2D eigenvalue weighted by molar-refractivity contribution is -0.120. The fourth-order valence-electron chi connectivity index (χ4n) is 4.19. The van der Waals surface area contributed by atoms with Gasteiger partial charge in [-0.05, 0) is 42.0 Å². The van der Waals surface area contributed by atoms with Gasteiger partial charge < -0.3 is 15.3 Å². The van der Waals surface area contributed by atoms with Gasteiger partial charge in [0.15, 0.2) is 0 Å². The number of fused-ring (bicyclic) bond motifs is 1. The summed E-state index contributed by atoms with van der Waals surface area (Å²) >= 11 is 0. The van der Waals surface area contributed by atoms with E-state index in [1.54, 1.807) is 6.07 Å². The number of carbonyl (C=O) groups excluding carboxylic acids is 2. The smallest absolute Gasteiger partial charge is 0.255 e. The van der Waals surface area contributed by atoms with Crippen molar-refractivity contribution in [3.63, 3.8) is 0 Å². The highest BCUT2D eigenvalue weighted by atomic mass is 19.1. The Hall–Kier alpha value is -1.95. The molecule has 6 heteroatoms. The van der Waals surface area contributed by atoms with Crippen molar-refractivity contribution in [1.29, 1.82) is 0 Å². The van der Waals surface area contributed by atoms with Crippen molar-refractivity contribution in [2.75, 3.05) is 0 Å². The van der Waals surface area contributed by atoms with Crippen LogP contribution in [0.2, 0.25) is 0 Å². The van der Waals surface area contributed by atoms with Crippen LogP contribution in [-0.4, -0.2) is 34.1 Å².